The Bertz CT molecular complexity index is 853. The zero-order chi connectivity index (χ0) is 17.6. The molecule has 3 rings (SSSR count). The van der Waals surface area contributed by atoms with Crippen LogP contribution in [0.5, 0.6) is 0 Å². The summed E-state index contributed by atoms with van der Waals surface area (Å²) in [5.74, 6) is -0.986. The largest absolute Gasteiger partial charge is 0.326 e. The van der Waals surface area contributed by atoms with Crippen LogP contribution in [0.2, 0.25) is 5.02 Å². The number of nitrogens with one attached hydrogen (secondary N) is 1. The van der Waals surface area contributed by atoms with Gasteiger partial charge in [0, 0.05) is 23.1 Å². The van der Waals surface area contributed by atoms with E-state index in [1.165, 1.54) is 12.1 Å². The molecule has 3 nitrogen and oxygen atoms in total. The van der Waals surface area contributed by atoms with E-state index in [2.05, 4.69) is 10.3 Å². The average molecular weight is 355 g/mol. The van der Waals surface area contributed by atoms with Crippen molar-refractivity contribution in [2.45, 2.75) is 12.3 Å². The van der Waals surface area contributed by atoms with Crippen molar-refractivity contribution in [2.75, 3.05) is 5.32 Å². The Morgan fingerprint density at radius 3 is 2.60 bits per heavy atom. The van der Waals surface area contributed by atoms with E-state index in [9.17, 15) is 9.18 Å². The summed E-state index contributed by atoms with van der Waals surface area (Å²) >= 11 is 5.97. The molecule has 25 heavy (non-hydrogen) atoms. The van der Waals surface area contributed by atoms with Gasteiger partial charge >= 0.3 is 0 Å². The molecule has 1 unspecified atom stereocenters. The molecule has 0 aliphatic rings. The Labute approximate surface area is 150 Å². The normalized spacial score (nSPS) is 11.8. The van der Waals surface area contributed by atoms with E-state index in [4.69, 9.17) is 11.6 Å². The highest BCUT2D eigenvalue weighted by Crippen LogP contribution is 2.24. The Hall–Kier alpha value is -2.72. The van der Waals surface area contributed by atoms with E-state index < -0.39 is 5.92 Å². The monoisotopic (exact) mass is 354 g/mol. The molecule has 0 bridgehead atoms. The van der Waals surface area contributed by atoms with Crippen LogP contribution < -0.4 is 5.32 Å². The van der Waals surface area contributed by atoms with Gasteiger partial charge in [-0.1, -0.05) is 35.9 Å². The fraction of sp³-hybridized carbons (Fsp3) is 0.100. The third-order valence-corrected chi connectivity index (χ3v) is 4.08. The van der Waals surface area contributed by atoms with Gasteiger partial charge < -0.3 is 5.32 Å². The van der Waals surface area contributed by atoms with Crippen molar-refractivity contribution in [3.8, 4) is 0 Å². The van der Waals surface area contributed by atoms with Crippen molar-refractivity contribution in [3.05, 3.63) is 95.0 Å². The molecule has 0 spiro atoms. The number of carbonyl (C=O) groups is 1. The van der Waals surface area contributed by atoms with Crippen molar-refractivity contribution in [2.24, 2.45) is 0 Å². The lowest BCUT2D eigenvalue weighted by Crippen LogP contribution is -2.23. The number of benzene rings is 2. The standard InChI is InChI=1S/C20H16ClFN2O/c21-16-4-1-5-18(12-16)24-20(25)19(11-14-3-2-10-23-13-14)15-6-8-17(22)9-7-15/h1-10,12-13,19H,11H2,(H,24,25). The first-order chi connectivity index (χ1) is 12.1. The van der Waals surface area contributed by atoms with Gasteiger partial charge in [0.2, 0.25) is 5.91 Å². The summed E-state index contributed by atoms with van der Waals surface area (Å²) in [7, 11) is 0. The molecule has 0 aliphatic heterocycles. The Morgan fingerprint density at radius 1 is 1.12 bits per heavy atom. The zero-order valence-corrected chi connectivity index (χ0v) is 14.1. The first kappa shape index (κ1) is 17.1. The van der Waals surface area contributed by atoms with Crippen molar-refractivity contribution in [1.29, 1.82) is 0 Å². The van der Waals surface area contributed by atoms with Crippen LogP contribution in [0.3, 0.4) is 0 Å². The maximum absolute atomic E-state index is 13.2. The number of rotatable bonds is 5. The first-order valence-electron chi connectivity index (χ1n) is 7.82. The number of pyridine rings is 1. The molecule has 1 amide bonds. The molecule has 3 aromatic rings. The van der Waals surface area contributed by atoms with E-state index >= 15 is 0 Å². The second-order valence-corrected chi connectivity index (χ2v) is 6.11. The van der Waals surface area contributed by atoms with Gasteiger partial charge in [0.05, 0.1) is 5.92 Å². The lowest BCUT2D eigenvalue weighted by Gasteiger charge is -2.17. The average Bonchev–Trinajstić information content (AvgIpc) is 2.61. The quantitative estimate of drug-likeness (QED) is 0.712. The lowest BCUT2D eigenvalue weighted by atomic mass is 9.91. The molecule has 1 atom stereocenters. The third kappa shape index (κ3) is 4.64. The predicted molar refractivity (Wildman–Crippen MR) is 97.2 cm³/mol. The molecule has 0 fully saturated rings. The van der Waals surface area contributed by atoms with Crippen LogP contribution >= 0.6 is 11.6 Å². The topological polar surface area (TPSA) is 42.0 Å². The number of hydrogen-bond donors (Lipinski definition) is 1. The molecule has 0 saturated carbocycles. The lowest BCUT2D eigenvalue weighted by molar-refractivity contribution is -0.117. The van der Waals surface area contributed by atoms with Crippen molar-refractivity contribution < 1.29 is 9.18 Å². The minimum Gasteiger partial charge on any atom is -0.326 e. The molecule has 0 saturated heterocycles. The summed E-state index contributed by atoms with van der Waals surface area (Å²) in [5, 5.41) is 3.42. The summed E-state index contributed by atoms with van der Waals surface area (Å²) in [5.41, 5.74) is 2.29. The van der Waals surface area contributed by atoms with E-state index in [1.54, 1.807) is 48.8 Å². The highest BCUT2D eigenvalue weighted by Gasteiger charge is 2.21. The van der Waals surface area contributed by atoms with Crippen molar-refractivity contribution >= 4 is 23.2 Å². The van der Waals surface area contributed by atoms with Crippen molar-refractivity contribution in [1.82, 2.24) is 4.98 Å². The van der Waals surface area contributed by atoms with Crippen LogP contribution in [-0.4, -0.2) is 10.9 Å². The molecule has 126 valence electrons. The van der Waals surface area contributed by atoms with E-state index in [-0.39, 0.29) is 11.7 Å². The first-order valence-corrected chi connectivity index (χ1v) is 8.20. The van der Waals surface area contributed by atoms with Gasteiger partial charge in [-0.15, -0.1) is 0 Å². The molecular formula is C20H16ClFN2O. The summed E-state index contributed by atoms with van der Waals surface area (Å²) in [4.78, 5) is 16.9. The second-order valence-electron chi connectivity index (χ2n) is 5.67. The fourth-order valence-corrected chi connectivity index (χ4v) is 2.80. The molecule has 2 aromatic carbocycles. The third-order valence-electron chi connectivity index (χ3n) is 3.84. The molecule has 1 aromatic heterocycles. The SMILES string of the molecule is O=C(Nc1cccc(Cl)c1)C(Cc1cccnc1)c1ccc(F)cc1. The van der Waals surface area contributed by atoms with Gasteiger partial charge in [0.15, 0.2) is 0 Å². The fourth-order valence-electron chi connectivity index (χ4n) is 2.61. The molecule has 1 heterocycles. The molecule has 1 N–H and O–H groups in total. The van der Waals surface area contributed by atoms with Gasteiger partial charge in [-0.05, 0) is 53.9 Å². The summed E-state index contributed by atoms with van der Waals surface area (Å²) in [6, 6.07) is 16.7. The minimum atomic E-state index is -0.469. The molecular weight excluding hydrogens is 339 g/mol. The van der Waals surface area contributed by atoms with Gasteiger partial charge in [-0.3, -0.25) is 9.78 Å². The van der Waals surface area contributed by atoms with Crippen LogP contribution in [0.25, 0.3) is 0 Å². The molecule has 0 radical (unpaired) electrons. The number of hydrogen-bond acceptors (Lipinski definition) is 2. The second kappa shape index (κ2) is 7.90. The Morgan fingerprint density at radius 2 is 1.92 bits per heavy atom. The van der Waals surface area contributed by atoms with Gasteiger partial charge in [0.25, 0.3) is 0 Å². The summed E-state index contributed by atoms with van der Waals surface area (Å²) in [6.45, 7) is 0. The predicted octanol–water partition coefficient (Wildman–Crippen LogP) is 4.84. The van der Waals surface area contributed by atoms with E-state index in [0.29, 0.717) is 17.1 Å². The van der Waals surface area contributed by atoms with Crippen molar-refractivity contribution in [3.63, 3.8) is 0 Å². The number of nitrogens with zero attached hydrogens (tertiary/aromatic N) is 1. The number of halogens is 2. The number of carbonyl (C=O) groups excluding carboxylic acids is 1. The van der Waals surface area contributed by atoms with Crippen LogP contribution in [0.1, 0.15) is 17.0 Å². The Balaban J connectivity index is 1.87. The highest BCUT2D eigenvalue weighted by atomic mass is 35.5. The Kier molecular flexibility index (Phi) is 5.41. The zero-order valence-electron chi connectivity index (χ0n) is 13.3. The van der Waals surface area contributed by atoms with Gasteiger partial charge in [0.1, 0.15) is 5.82 Å². The summed E-state index contributed by atoms with van der Waals surface area (Å²) < 4.78 is 13.2. The maximum Gasteiger partial charge on any atom is 0.232 e. The van der Waals surface area contributed by atoms with Gasteiger partial charge in [-0.2, -0.15) is 0 Å². The molecule has 5 heteroatoms. The maximum atomic E-state index is 13.2. The highest BCUT2D eigenvalue weighted by molar-refractivity contribution is 6.30. The minimum absolute atomic E-state index is 0.183. The van der Waals surface area contributed by atoms with Gasteiger partial charge in [-0.25, -0.2) is 4.39 Å². The molecule has 0 aliphatic carbocycles. The van der Waals surface area contributed by atoms with Crippen LogP contribution in [0.15, 0.2) is 73.1 Å². The number of amides is 1. The van der Waals surface area contributed by atoms with Crippen LogP contribution in [-0.2, 0) is 11.2 Å². The number of aromatic nitrogens is 1. The summed E-state index contributed by atoms with van der Waals surface area (Å²) in [6.07, 6.45) is 3.87. The number of anilines is 1. The van der Waals surface area contributed by atoms with Crippen LogP contribution in [0, 0.1) is 5.82 Å². The van der Waals surface area contributed by atoms with Crippen LogP contribution in [0.4, 0.5) is 10.1 Å². The van der Waals surface area contributed by atoms with E-state index in [0.717, 1.165) is 11.1 Å². The van der Waals surface area contributed by atoms with E-state index in [1.807, 2.05) is 12.1 Å². The smallest absolute Gasteiger partial charge is 0.232 e.